The number of amidine groups is 1. The molecule has 6 N–H and O–H groups in total. The molecule has 310 valence electrons. The highest BCUT2D eigenvalue weighted by atomic mass is 16.6. The number of nitrogens with one attached hydrogen (secondary N) is 2. The van der Waals surface area contributed by atoms with Gasteiger partial charge in [0.25, 0.3) is 0 Å². The van der Waals surface area contributed by atoms with Gasteiger partial charge in [-0.2, -0.15) is 0 Å². The zero-order valence-corrected chi connectivity index (χ0v) is 35.4. The van der Waals surface area contributed by atoms with Crippen molar-refractivity contribution >= 4 is 23.5 Å². The fourth-order valence-corrected chi connectivity index (χ4v) is 6.72. The predicted octanol–water partition coefficient (Wildman–Crippen LogP) is 9.56. The smallest absolute Gasteiger partial charge is 0.318 e. The van der Waals surface area contributed by atoms with Gasteiger partial charge in [-0.05, 0) is 89.8 Å². The lowest BCUT2D eigenvalue weighted by Crippen LogP contribution is -2.49. The molecule has 0 saturated heterocycles. The van der Waals surface area contributed by atoms with Gasteiger partial charge in [0.15, 0.2) is 0 Å². The zero-order valence-electron chi connectivity index (χ0n) is 35.4. The molecule has 0 aliphatic carbocycles. The Morgan fingerprint density at radius 3 is 1.85 bits per heavy atom. The van der Waals surface area contributed by atoms with Crippen molar-refractivity contribution in [2.24, 2.45) is 16.5 Å². The molecule has 0 spiro atoms. The van der Waals surface area contributed by atoms with Crippen molar-refractivity contribution in [3.05, 3.63) is 35.4 Å². The summed E-state index contributed by atoms with van der Waals surface area (Å²) in [5, 5.41) is 11.7. The maximum absolute atomic E-state index is 13.9. The largest absolute Gasteiger partial charge is 0.463 e. The van der Waals surface area contributed by atoms with E-state index in [9.17, 15) is 9.59 Å². The molecule has 0 fully saturated rings. The Kier molecular flexibility index (Phi) is 26.6. The van der Waals surface area contributed by atoms with Gasteiger partial charge in [-0.15, -0.1) is 0 Å². The third-order valence-corrected chi connectivity index (χ3v) is 10.3. The van der Waals surface area contributed by atoms with Crippen LogP contribution in [0.4, 0.5) is 4.79 Å². The van der Waals surface area contributed by atoms with Crippen LogP contribution in [0.15, 0.2) is 29.3 Å². The second-order valence-corrected chi connectivity index (χ2v) is 16.2. The number of nitrogens with zero attached hydrogens (tertiary/aromatic N) is 2. The average Bonchev–Trinajstić information content (AvgIpc) is 3.12. The lowest BCUT2D eigenvalue weighted by molar-refractivity contribution is -0.146. The van der Waals surface area contributed by atoms with Gasteiger partial charge in [0.1, 0.15) is 6.61 Å². The first kappa shape index (κ1) is 49.0. The molecule has 10 nitrogen and oxygen atoms in total. The molecule has 0 radical (unpaired) electrons. The Morgan fingerprint density at radius 1 is 0.778 bits per heavy atom. The van der Waals surface area contributed by atoms with E-state index in [0.29, 0.717) is 6.61 Å². The molecule has 0 bridgehead atoms. The Bertz CT molecular complexity index is 1200. The van der Waals surface area contributed by atoms with E-state index in [4.69, 9.17) is 26.4 Å². The van der Waals surface area contributed by atoms with Crippen LogP contribution in [0, 0.1) is 5.41 Å². The van der Waals surface area contributed by atoms with Crippen molar-refractivity contribution in [1.29, 1.82) is 5.41 Å². The summed E-state index contributed by atoms with van der Waals surface area (Å²) in [7, 11) is 1.58. The third-order valence-electron chi connectivity index (χ3n) is 10.3. The Balaban J connectivity index is 2.71. The van der Waals surface area contributed by atoms with E-state index in [1.165, 1.54) is 25.7 Å². The van der Waals surface area contributed by atoms with Gasteiger partial charge in [-0.25, -0.2) is 4.79 Å². The number of hydrogen-bond acceptors (Lipinski definition) is 7. The first-order valence-electron chi connectivity index (χ1n) is 21.2. The van der Waals surface area contributed by atoms with Crippen LogP contribution < -0.4 is 16.8 Å². The minimum absolute atomic E-state index is 0.0391. The highest BCUT2D eigenvalue weighted by molar-refractivity contribution is 5.81. The number of carbonyl (C=O) groups excluding carboxylic acids is 2. The van der Waals surface area contributed by atoms with Crippen molar-refractivity contribution < 1.29 is 19.1 Å². The molecular weight excluding hydrogens is 677 g/mol. The number of rotatable bonds is 33. The number of ether oxygens (including phenoxy) is 2. The van der Waals surface area contributed by atoms with Crippen molar-refractivity contribution in [2.75, 3.05) is 46.5 Å². The van der Waals surface area contributed by atoms with Crippen molar-refractivity contribution in [2.45, 2.75) is 174 Å². The van der Waals surface area contributed by atoms with Crippen LogP contribution >= 0.6 is 0 Å². The number of benzene rings is 1. The quantitative estimate of drug-likeness (QED) is 0.0242. The van der Waals surface area contributed by atoms with Crippen LogP contribution in [0.2, 0.25) is 0 Å². The van der Waals surface area contributed by atoms with Crippen LogP contribution in [-0.2, 0) is 25.2 Å². The molecule has 0 atom stereocenters. The van der Waals surface area contributed by atoms with Crippen LogP contribution in [0.25, 0.3) is 0 Å². The molecule has 1 rings (SSSR count). The molecule has 1 aromatic rings. The number of hydrogen-bond donors (Lipinski definition) is 4. The molecular formula is C44H80N6O4. The summed E-state index contributed by atoms with van der Waals surface area (Å²) in [5.74, 6) is 0.492. The van der Waals surface area contributed by atoms with Gasteiger partial charge in [0.2, 0.25) is 0 Å². The summed E-state index contributed by atoms with van der Waals surface area (Å²) in [6.07, 6.45) is 20.9. The van der Waals surface area contributed by atoms with Crippen molar-refractivity contribution in [1.82, 2.24) is 10.2 Å². The minimum atomic E-state index is -0.616. The van der Waals surface area contributed by atoms with Gasteiger partial charge >= 0.3 is 12.0 Å². The maximum Gasteiger partial charge on any atom is 0.318 e. The van der Waals surface area contributed by atoms with E-state index in [1.54, 1.807) is 7.11 Å². The SMILES string of the molecule is CCN=C(N)CCCCCCCN(CCCCCCCC(=N)CCCCCCCCN)C(=O)NC(C)(C)c1cccc(C(C)(C)CC(=O)OCCOC)c1. The first-order valence-corrected chi connectivity index (χ1v) is 21.2. The molecule has 0 saturated carbocycles. The van der Waals surface area contributed by atoms with Crippen molar-refractivity contribution in [3.8, 4) is 0 Å². The third kappa shape index (κ3) is 23.1. The average molecular weight is 757 g/mol. The Hall–Kier alpha value is -2.98. The summed E-state index contributed by atoms with van der Waals surface area (Å²) in [6, 6.07) is 8.16. The van der Waals surface area contributed by atoms with Crippen LogP contribution in [0.5, 0.6) is 0 Å². The zero-order chi connectivity index (χ0) is 40.1. The molecule has 0 aromatic heterocycles. The van der Waals surface area contributed by atoms with Gasteiger partial charge in [0, 0.05) is 44.3 Å². The van der Waals surface area contributed by atoms with E-state index in [0.717, 1.165) is 145 Å². The number of aliphatic imine (C=N–C) groups is 1. The number of urea groups is 1. The van der Waals surface area contributed by atoms with Crippen LogP contribution in [-0.4, -0.2) is 75.0 Å². The molecule has 2 amide bonds. The van der Waals surface area contributed by atoms with Gasteiger partial charge in [-0.3, -0.25) is 9.79 Å². The lowest BCUT2D eigenvalue weighted by atomic mass is 9.79. The van der Waals surface area contributed by atoms with E-state index in [2.05, 4.69) is 16.4 Å². The highest BCUT2D eigenvalue weighted by Gasteiger charge is 2.30. The molecule has 0 heterocycles. The second-order valence-electron chi connectivity index (χ2n) is 16.2. The van der Waals surface area contributed by atoms with Gasteiger partial charge in [-0.1, -0.05) is 102 Å². The fraction of sp³-hybridized carbons (Fsp3) is 0.773. The molecule has 0 unspecified atom stereocenters. The number of unbranched alkanes of at least 4 members (excludes halogenated alkanes) is 13. The van der Waals surface area contributed by atoms with Gasteiger partial charge < -0.3 is 36.6 Å². The van der Waals surface area contributed by atoms with Crippen LogP contribution in [0.3, 0.4) is 0 Å². The molecule has 1 aromatic carbocycles. The Morgan fingerprint density at radius 2 is 1.30 bits per heavy atom. The van der Waals surface area contributed by atoms with E-state index in [1.807, 2.05) is 57.7 Å². The highest BCUT2D eigenvalue weighted by Crippen LogP contribution is 2.31. The number of esters is 1. The summed E-state index contributed by atoms with van der Waals surface area (Å²) < 4.78 is 10.3. The number of amides is 2. The topological polar surface area (TPSA) is 156 Å². The van der Waals surface area contributed by atoms with Gasteiger partial charge in [0.05, 0.1) is 24.4 Å². The molecule has 54 heavy (non-hydrogen) atoms. The molecule has 0 aliphatic rings. The first-order chi connectivity index (χ1) is 25.9. The minimum Gasteiger partial charge on any atom is -0.463 e. The monoisotopic (exact) mass is 757 g/mol. The normalized spacial score (nSPS) is 12.2. The van der Waals surface area contributed by atoms with E-state index >= 15 is 0 Å². The number of carbonyl (C=O) groups is 2. The standard InChI is InChI=1S/C44H80N6O4/c1-7-48-40(47)29-20-14-11-17-23-32-50(31-22-16-10-13-19-28-39(46)27-18-12-8-9-15-21-30-45)42(52)49-44(4,5)38-26-24-25-37(35-38)43(2,3)36-41(51)54-34-33-53-6/h24-26,35,46H,7-23,27-34,36,45H2,1-6H3,(H2,47,48)(H,49,52). The molecule has 0 aliphatic heterocycles. The predicted molar refractivity (Wildman–Crippen MR) is 227 cm³/mol. The van der Waals surface area contributed by atoms with E-state index < -0.39 is 11.0 Å². The van der Waals surface area contributed by atoms with Crippen molar-refractivity contribution in [3.63, 3.8) is 0 Å². The fourth-order valence-electron chi connectivity index (χ4n) is 6.72. The number of methoxy groups -OCH3 is 1. The maximum atomic E-state index is 13.9. The summed E-state index contributed by atoms with van der Waals surface area (Å²) >= 11 is 0. The summed E-state index contributed by atoms with van der Waals surface area (Å²) in [4.78, 5) is 32.7. The lowest BCUT2D eigenvalue weighted by Gasteiger charge is -2.33. The summed E-state index contributed by atoms with van der Waals surface area (Å²) in [6.45, 7) is 13.8. The summed E-state index contributed by atoms with van der Waals surface area (Å²) in [5.41, 5.74) is 13.4. The number of nitrogens with two attached hydrogens (primary N) is 2. The van der Waals surface area contributed by atoms with E-state index in [-0.39, 0.29) is 25.0 Å². The van der Waals surface area contributed by atoms with Crippen LogP contribution in [0.1, 0.15) is 174 Å². The Labute approximate surface area is 329 Å². The second kappa shape index (κ2) is 29.3. The molecule has 10 heteroatoms.